The lowest BCUT2D eigenvalue weighted by Gasteiger charge is -1.99. The van der Waals surface area contributed by atoms with Crippen LogP contribution in [-0.2, 0) is 9.84 Å². The zero-order valence-corrected chi connectivity index (χ0v) is 10.8. The van der Waals surface area contributed by atoms with Gasteiger partial charge in [-0.2, -0.15) is 0 Å². The van der Waals surface area contributed by atoms with Crippen molar-refractivity contribution in [3.8, 4) is 0 Å². The van der Waals surface area contributed by atoms with Crippen LogP contribution in [0.15, 0.2) is 24.3 Å². The van der Waals surface area contributed by atoms with Gasteiger partial charge in [0, 0.05) is 18.1 Å². The maximum atomic E-state index is 12.8. The fourth-order valence-electron chi connectivity index (χ4n) is 2.24. The standard InChI is InChI=1S/C11H12FNO2S2/c1-17(14,15)10-8(9(10)11(13)16)6-2-4-7(12)5-3-6/h2-5,8-10H,1H3,(H2,13,16)/t8-,9+,10+/m1/s1. The van der Waals surface area contributed by atoms with Crippen molar-refractivity contribution in [1.82, 2.24) is 0 Å². The fourth-order valence-corrected chi connectivity index (χ4v) is 4.23. The van der Waals surface area contributed by atoms with Crippen molar-refractivity contribution in [3.05, 3.63) is 35.6 Å². The first-order chi connectivity index (χ1) is 7.82. The summed E-state index contributed by atoms with van der Waals surface area (Å²) in [6.07, 6.45) is 1.17. The average molecular weight is 273 g/mol. The predicted molar refractivity (Wildman–Crippen MR) is 68.0 cm³/mol. The Hall–Kier alpha value is -1.01. The number of hydrogen-bond donors (Lipinski definition) is 1. The molecule has 1 saturated carbocycles. The van der Waals surface area contributed by atoms with Crippen LogP contribution in [0.25, 0.3) is 0 Å². The van der Waals surface area contributed by atoms with E-state index in [9.17, 15) is 12.8 Å². The molecule has 1 fully saturated rings. The molecule has 0 radical (unpaired) electrons. The highest BCUT2D eigenvalue weighted by Gasteiger charge is 2.58. The van der Waals surface area contributed by atoms with Crippen molar-refractivity contribution in [2.24, 2.45) is 11.7 Å². The van der Waals surface area contributed by atoms with Crippen LogP contribution in [0, 0.1) is 11.7 Å². The van der Waals surface area contributed by atoms with Crippen molar-refractivity contribution >= 4 is 27.0 Å². The Labute approximate surface area is 105 Å². The molecule has 2 N–H and O–H groups in total. The summed E-state index contributed by atoms with van der Waals surface area (Å²) in [5.41, 5.74) is 6.30. The Balaban J connectivity index is 2.34. The summed E-state index contributed by atoms with van der Waals surface area (Å²) in [5.74, 6) is -0.911. The van der Waals surface area contributed by atoms with Gasteiger partial charge in [-0.3, -0.25) is 0 Å². The molecule has 1 aromatic carbocycles. The SMILES string of the molecule is CS(=O)(=O)[C@@H]1[C@@H](C(N)=S)[C@H]1c1ccc(F)cc1. The van der Waals surface area contributed by atoms with Gasteiger partial charge in [0.15, 0.2) is 9.84 Å². The number of nitrogens with two attached hydrogens (primary N) is 1. The van der Waals surface area contributed by atoms with E-state index in [1.54, 1.807) is 12.1 Å². The van der Waals surface area contributed by atoms with Crippen LogP contribution >= 0.6 is 12.2 Å². The normalized spacial score (nSPS) is 27.8. The summed E-state index contributed by atoms with van der Waals surface area (Å²) < 4.78 is 35.9. The summed E-state index contributed by atoms with van der Waals surface area (Å²) in [7, 11) is -3.19. The molecule has 0 aromatic heterocycles. The number of rotatable bonds is 3. The first-order valence-corrected chi connectivity index (χ1v) is 7.42. The van der Waals surface area contributed by atoms with E-state index in [2.05, 4.69) is 0 Å². The van der Waals surface area contributed by atoms with E-state index in [0.717, 1.165) is 5.56 Å². The van der Waals surface area contributed by atoms with Crippen molar-refractivity contribution < 1.29 is 12.8 Å². The minimum atomic E-state index is -3.19. The largest absolute Gasteiger partial charge is 0.393 e. The Bertz CT molecular complexity index is 553. The van der Waals surface area contributed by atoms with Gasteiger partial charge in [-0.05, 0) is 17.7 Å². The topological polar surface area (TPSA) is 60.2 Å². The second-order valence-corrected chi connectivity index (χ2v) is 6.97. The number of halogens is 1. The zero-order chi connectivity index (χ0) is 12.8. The molecule has 0 aliphatic heterocycles. The third-order valence-electron chi connectivity index (χ3n) is 3.03. The summed E-state index contributed by atoms with van der Waals surface area (Å²) in [5, 5.41) is -0.564. The maximum absolute atomic E-state index is 12.8. The van der Waals surface area contributed by atoms with E-state index in [0.29, 0.717) is 0 Å². The van der Waals surface area contributed by atoms with Gasteiger partial charge in [0.25, 0.3) is 0 Å². The number of sulfone groups is 1. The second kappa shape index (κ2) is 4.03. The Kier molecular flexibility index (Phi) is 2.95. The highest BCUT2D eigenvalue weighted by atomic mass is 32.2. The Morgan fingerprint density at radius 3 is 2.24 bits per heavy atom. The Morgan fingerprint density at radius 2 is 1.88 bits per heavy atom. The van der Waals surface area contributed by atoms with Gasteiger partial charge in [-0.1, -0.05) is 24.4 Å². The molecule has 3 nitrogen and oxygen atoms in total. The lowest BCUT2D eigenvalue weighted by atomic mass is 10.1. The van der Waals surface area contributed by atoms with E-state index in [1.165, 1.54) is 18.4 Å². The molecule has 0 amide bonds. The molecule has 17 heavy (non-hydrogen) atoms. The van der Waals surface area contributed by atoms with Crippen molar-refractivity contribution in [2.45, 2.75) is 11.2 Å². The van der Waals surface area contributed by atoms with Crippen LogP contribution < -0.4 is 5.73 Å². The Morgan fingerprint density at radius 1 is 1.35 bits per heavy atom. The molecule has 1 aromatic rings. The van der Waals surface area contributed by atoms with E-state index < -0.39 is 15.1 Å². The fraction of sp³-hybridized carbons (Fsp3) is 0.364. The van der Waals surface area contributed by atoms with Gasteiger partial charge in [0.05, 0.1) is 10.2 Å². The molecule has 0 heterocycles. The summed E-state index contributed by atoms with van der Waals surface area (Å²) in [6.45, 7) is 0. The van der Waals surface area contributed by atoms with Crippen LogP contribution in [-0.4, -0.2) is 24.9 Å². The first kappa shape index (κ1) is 12.4. The third-order valence-corrected chi connectivity index (χ3v) is 4.88. The molecule has 1 aliphatic rings. The quantitative estimate of drug-likeness (QED) is 0.842. The zero-order valence-electron chi connectivity index (χ0n) is 9.13. The molecule has 6 heteroatoms. The summed E-state index contributed by atoms with van der Waals surface area (Å²) in [4.78, 5) is 0.203. The van der Waals surface area contributed by atoms with E-state index in [1.807, 2.05) is 0 Å². The van der Waals surface area contributed by atoms with Gasteiger partial charge in [0.2, 0.25) is 0 Å². The van der Waals surface area contributed by atoms with Crippen LogP contribution in [0.3, 0.4) is 0 Å². The van der Waals surface area contributed by atoms with Gasteiger partial charge < -0.3 is 5.73 Å². The van der Waals surface area contributed by atoms with Crippen LogP contribution in [0.1, 0.15) is 11.5 Å². The van der Waals surface area contributed by atoms with Crippen LogP contribution in [0.5, 0.6) is 0 Å². The number of hydrogen-bond acceptors (Lipinski definition) is 3. The molecule has 0 unspecified atom stereocenters. The van der Waals surface area contributed by atoms with Gasteiger partial charge in [-0.25, -0.2) is 12.8 Å². The monoisotopic (exact) mass is 273 g/mol. The van der Waals surface area contributed by atoms with E-state index >= 15 is 0 Å². The molecule has 3 atom stereocenters. The van der Waals surface area contributed by atoms with Crippen molar-refractivity contribution in [2.75, 3.05) is 6.26 Å². The smallest absolute Gasteiger partial charge is 0.151 e. The molecule has 0 saturated heterocycles. The highest BCUT2D eigenvalue weighted by molar-refractivity contribution is 7.91. The predicted octanol–water partition coefficient (Wildman–Crippen LogP) is 1.24. The molecular formula is C11H12FNO2S2. The molecule has 2 rings (SSSR count). The average Bonchev–Trinajstić information content (AvgIpc) is 2.93. The second-order valence-electron chi connectivity index (χ2n) is 4.30. The van der Waals surface area contributed by atoms with Crippen LogP contribution in [0.2, 0.25) is 0 Å². The molecule has 1 aliphatic carbocycles. The van der Waals surface area contributed by atoms with Crippen LogP contribution in [0.4, 0.5) is 4.39 Å². The van der Waals surface area contributed by atoms with E-state index in [4.69, 9.17) is 18.0 Å². The lowest BCUT2D eigenvalue weighted by Crippen LogP contribution is -2.16. The van der Waals surface area contributed by atoms with Gasteiger partial charge in [-0.15, -0.1) is 0 Å². The first-order valence-electron chi connectivity index (χ1n) is 5.06. The maximum Gasteiger partial charge on any atom is 0.151 e. The minimum Gasteiger partial charge on any atom is -0.393 e. The third kappa shape index (κ3) is 2.32. The highest BCUT2D eigenvalue weighted by Crippen LogP contribution is 2.52. The number of thiocarbonyl (C=S) groups is 1. The van der Waals surface area contributed by atoms with Crippen molar-refractivity contribution in [1.29, 1.82) is 0 Å². The number of benzene rings is 1. The van der Waals surface area contributed by atoms with Crippen molar-refractivity contribution in [3.63, 3.8) is 0 Å². The van der Waals surface area contributed by atoms with Gasteiger partial charge >= 0.3 is 0 Å². The summed E-state index contributed by atoms with van der Waals surface area (Å²) in [6, 6.07) is 5.78. The molecular weight excluding hydrogens is 261 g/mol. The van der Waals surface area contributed by atoms with Gasteiger partial charge in [0.1, 0.15) is 5.82 Å². The lowest BCUT2D eigenvalue weighted by molar-refractivity contribution is 0.599. The summed E-state index contributed by atoms with van der Waals surface area (Å²) >= 11 is 4.87. The molecule has 0 spiro atoms. The van der Waals surface area contributed by atoms with E-state index in [-0.39, 0.29) is 22.6 Å². The molecule has 92 valence electrons. The minimum absolute atomic E-state index is 0.203. The molecule has 0 bridgehead atoms.